The van der Waals surface area contributed by atoms with Crippen molar-refractivity contribution in [3.05, 3.63) is 64.0 Å². The minimum absolute atomic E-state index is 0.00944. The fourth-order valence-electron chi connectivity index (χ4n) is 5.76. The molecule has 0 radical (unpaired) electrons. The van der Waals surface area contributed by atoms with E-state index in [4.69, 9.17) is 4.98 Å². The van der Waals surface area contributed by atoms with Crippen LogP contribution in [0.4, 0.5) is 5.69 Å². The van der Waals surface area contributed by atoms with Crippen LogP contribution >= 0.6 is 23.1 Å². The molecule has 2 aliphatic rings. The number of aromatic hydroxyl groups is 1. The Morgan fingerprint density at radius 3 is 2.19 bits per heavy atom. The van der Waals surface area contributed by atoms with E-state index >= 15 is 0 Å². The zero-order valence-corrected chi connectivity index (χ0v) is 27.5. The summed E-state index contributed by atoms with van der Waals surface area (Å²) in [5.41, 5.74) is 3.94. The van der Waals surface area contributed by atoms with Gasteiger partial charge in [0.05, 0.1) is 27.4 Å². The number of phenols is 1. The number of carbonyl (C=O) groups is 3. The van der Waals surface area contributed by atoms with E-state index in [0.717, 1.165) is 40.2 Å². The fourth-order valence-corrected chi connectivity index (χ4v) is 7.79. The van der Waals surface area contributed by atoms with E-state index in [1.54, 1.807) is 35.6 Å². The van der Waals surface area contributed by atoms with Crippen LogP contribution in [0.25, 0.3) is 11.3 Å². The van der Waals surface area contributed by atoms with Crippen LogP contribution in [0.2, 0.25) is 0 Å². The van der Waals surface area contributed by atoms with Crippen molar-refractivity contribution in [2.24, 2.45) is 0 Å². The summed E-state index contributed by atoms with van der Waals surface area (Å²) in [6.45, 7) is 14.0. The summed E-state index contributed by atoms with van der Waals surface area (Å²) in [6.07, 6.45) is 1.79. The average Bonchev–Trinajstić information content (AvgIpc) is 3.55. The van der Waals surface area contributed by atoms with E-state index in [-0.39, 0.29) is 46.6 Å². The molecule has 3 aromatic rings. The number of amides is 3. The molecule has 0 bridgehead atoms. The number of piperidine rings is 1. The van der Waals surface area contributed by atoms with Gasteiger partial charge in [-0.2, -0.15) is 0 Å². The van der Waals surface area contributed by atoms with Gasteiger partial charge in [0.15, 0.2) is 0 Å². The third-order valence-corrected chi connectivity index (χ3v) is 10.5. The van der Waals surface area contributed by atoms with Crippen LogP contribution in [-0.2, 0) is 25.2 Å². The van der Waals surface area contributed by atoms with Crippen molar-refractivity contribution in [2.45, 2.75) is 82.8 Å². The maximum atomic E-state index is 13.0. The summed E-state index contributed by atoms with van der Waals surface area (Å²) in [7, 11) is 0. The summed E-state index contributed by atoms with van der Waals surface area (Å²) < 4.78 is 0. The molecule has 1 unspecified atom stereocenters. The lowest BCUT2D eigenvalue weighted by Crippen LogP contribution is -2.39. The Morgan fingerprint density at radius 2 is 1.60 bits per heavy atom. The molecule has 1 N–H and O–H groups in total. The standard InChI is InChI=1S/C34H41N3O4S2/c1-33(2,3)24-16-22(17-25(30(24)40)34(4,5)6)26-19-43-31(35-26)21-12-14-36(15-13-21)29(39)20-42-27-18-28(38)37(32(27)41)23-10-8-7-9-11-23/h7-11,16-17,19,21,27,40H,12-15,18,20H2,1-6H3. The Bertz CT molecular complexity index is 1480. The van der Waals surface area contributed by atoms with Crippen LogP contribution in [0.5, 0.6) is 5.75 Å². The third kappa shape index (κ3) is 6.68. The van der Waals surface area contributed by atoms with E-state index in [1.165, 1.54) is 16.7 Å². The molecule has 2 aliphatic heterocycles. The second kappa shape index (κ2) is 12.1. The number of aromatic nitrogens is 1. The lowest BCUT2D eigenvalue weighted by molar-refractivity contribution is -0.129. The monoisotopic (exact) mass is 619 g/mol. The first-order valence-corrected chi connectivity index (χ1v) is 16.8. The molecule has 2 saturated heterocycles. The van der Waals surface area contributed by atoms with Crippen LogP contribution in [0.1, 0.15) is 82.9 Å². The van der Waals surface area contributed by atoms with Crippen molar-refractivity contribution in [2.75, 3.05) is 23.7 Å². The van der Waals surface area contributed by atoms with Crippen molar-refractivity contribution in [3.63, 3.8) is 0 Å². The average molecular weight is 620 g/mol. The number of nitrogens with zero attached hydrogens (tertiary/aromatic N) is 3. The Kier molecular flexibility index (Phi) is 8.78. The molecule has 3 amide bonds. The number of phenolic OH excluding ortho intramolecular Hbond substituents is 1. The summed E-state index contributed by atoms with van der Waals surface area (Å²) in [6, 6.07) is 13.1. The largest absolute Gasteiger partial charge is 0.507 e. The molecule has 0 saturated carbocycles. The van der Waals surface area contributed by atoms with Gasteiger partial charge in [-0.3, -0.25) is 14.4 Å². The Labute approximate surface area is 262 Å². The number of thiazole rings is 1. The van der Waals surface area contributed by atoms with Gasteiger partial charge in [0.25, 0.3) is 0 Å². The molecule has 1 aromatic heterocycles. The zero-order chi connectivity index (χ0) is 31.1. The smallest absolute Gasteiger partial charge is 0.247 e. The second-order valence-electron chi connectivity index (χ2n) is 13.6. The minimum Gasteiger partial charge on any atom is -0.507 e. The van der Waals surface area contributed by atoms with Crippen molar-refractivity contribution in [1.82, 2.24) is 9.88 Å². The molecule has 1 atom stereocenters. The van der Waals surface area contributed by atoms with Gasteiger partial charge in [-0.05, 0) is 47.9 Å². The molecule has 0 aliphatic carbocycles. The van der Waals surface area contributed by atoms with E-state index in [2.05, 4.69) is 59.1 Å². The minimum atomic E-state index is -0.527. The highest BCUT2D eigenvalue weighted by Gasteiger charge is 2.40. The molecule has 228 valence electrons. The summed E-state index contributed by atoms with van der Waals surface area (Å²) >= 11 is 2.93. The number of hydrogen-bond acceptors (Lipinski definition) is 7. The molecule has 43 heavy (non-hydrogen) atoms. The number of benzene rings is 2. The first-order chi connectivity index (χ1) is 20.2. The van der Waals surface area contributed by atoms with Crippen molar-refractivity contribution in [3.8, 4) is 17.0 Å². The lowest BCUT2D eigenvalue weighted by atomic mass is 9.78. The summed E-state index contributed by atoms with van der Waals surface area (Å²) in [5, 5.41) is 13.8. The molecule has 0 spiro atoms. The zero-order valence-electron chi connectivity index (χ0n) is 25.8. The van der Waals surface area contributed by atoms with E-state index < -0.39 is 5.25 Å². The number of para-hydroxylation sites is 1. The van der Waals surface area contributed by atoms with E-state index in [1.807, 2.05) is 11.0 Å². The molecule has 2 fully saturated rings. The number of rotatable bonds is 6. The first kappa shape index (κ1) is 31.3. The molecular weight excluding hydrogens is 579 g/mol. The Balaban J connectivity index is 1.19. The van der Waals surface area contributed by atoms with E-state index in [9.17, 15) is 19.5 Å². The maximum absolute atomic E-state index is 13.0. The predicted octanol–water partition coefficient (Wildman–Crippen LogP) is 6.88. The predicted molar refractivity (Wildman–Crippen MR) is 175 cm³/mol. The maximum Gasteiger partial charge on any atom is 0.247 e. The topological polar surface area (TPSA) is 90.8 Å². The highest BCUT2D eigenvalue weighted by molar-refractivity contribution is 8.01. The van der Waals surface area contributed by atoms with Gasteiger partial charge >= 0.3 is 0 Å². The van der Waals surface area contributed by atoms with E-state index in [0.29, 0.717) is 24.5 Å². The van der Waals surface area contributed by atoms with Crippen LogP contribution < -0.4 is 4.90 Å². The molecule has 5 rings (SSSR count). The fraction of sp³-hybridized carbons (Fsp3) is 0.471. The number of carbonyl (C=O) groups excluding carboxylic acids is 3. The second-order valence-corrected chi connectivity index (χ2v) is 15.6. The quantitative estimate of drug-likeness (QED) is 0.303. The first-order valence-electron chi connectivity index (χ1n) is 14.9. The van der Waals surface area contributed by atoms with Gasteiger partial charge < -0.3 is 10.0 Å². The number of anilines is 1. The van der Waals surface area contributed by atoms with Crippen LogP contribution in [0.15, 0.2) is 47.8 Å². The van der Waals surface area contributed by atoms with Crippen LogP contribution in [-0.4, -0.2) is 56.8 Å². The SMILES string of the molecule is CC(C)(C)c1cc(-c2csc(C3CCN(C(=O)CSC4CC(=O)N(c5ccccc5)C4=O)CC3)n2)cc(C(C)(C)C)c1O. The van der Waals surface area contributed by atoms with Crippen molar-refractivity contribution < 1.29 is 19.5 Å². The third-order valence-electron chi connectivity index (χ3n) is 8.27. The van der Waals surface area contributed by atoms with Gasteiger partial charge in [-0.15, -0.1) is 23.1 Å². The normalized spacial score (nSPS) is 18.5. The number of imide groups is 1. The van der Waals surface area contributed by atoms with Crippen molar-refractivity contribution >= 4 is 46.5 Å². The number of likely N-dealkylation sites (tertiary alicyclic amines) is 1. The molecule has 9 heteroatoms. The van der Waals surface area contributed by atoms with Crippen LogP contribution in [0, 0.1) is 0 Å². The van der Waals surface area contributed by atoms with Gasteiger partial charge in [0.2, 0.25) is 17.7 Å². The summed E-state index contributed by atoms with van der Waals surface area (Å²) in [4.78, 5) is 46.6. The molecule has 3 heterocycles. The molecular formula is C34H41N3O4S2. The van der Waals surface area contributed by atoms with Gasteiger partial charge in [-0.1, -0.05) is 59.7 Å². The number of hydrogen-bond donors (Lipinski definition) is 1. The van der Waals surface area contributed by atoms with Gasteiger partial charge in [0, 0.05) is 47.5 Å². The lowest BCUT2D eigenvalue weighted by Gasteiger charge is -2.31. The summed E-state index contributed by atoms with van der Waals surface area (Å²) in [5.74, 6) is 0.379. The van der Waals surface area contributed by atoms with Crippen LogP contribution in [0.3, 0.4) is 0 Å². The highest BCUT2D eigenvalue weighted by atomic mass is 32.2. The molecule has 7 nitrogen and oxygen atoms in total. The molecule has 2 aromatic carbocycles. The van der Waals surface area contributed by atoms with Gasteiger partial charge in [-0.25, -0.2) is 9.88 Å². The van der Waals surface area contributed by atoms with Crippen molar-refractivity contribution in [1.29, 1.82) is 0 Å². The Morgan fingerprint density at radius 1 is 1.00 bits per heavy atom. The highest BCUT2D eigenvalue weighted by Crippen LogP contribution is 2.43. The number of thioether (sulfide) groups is 1. The van der Waals surface area contributed by atoms with Gasteiger partial charge in [0.1, 0.15) is 5.75 Å². The Hall–Kier alpha value is -3.17.